The van der Waals surface area contributed by atoms with Gasteiger partial charge in [0.15, 0.2) is 0 Å². The van der Waals surface area contributed by atoms with Crippen molar-refractivity contribution >= 4 is 29.1 Å². The van der Waals surface area contributed by atoms with Crippen LogP contribution in [0.4, 0.5) is 5.69 Å². The van der Waals surface area contributed by atoms with E-state index in [1.165, 1.54) is 0 Å². The SMILES string of the molecule is Cc1c(Cl)cccc1NC(=O)CN1CC(c2ccccc2)CC1=O. The monoisotopic (exact) mass is 342 g/mol. The number of benzene rings is 2. The molecule has 1 aliphatic rings. The van der Waals surface area contributed by atoms with Gasteiger partial charge in [-0.3, -0.25) is 9.59 Å². The van der Waals surface area contributed by atoms with Crippen molar-refractivity contribution in [2.45, 2.75) is 19.3 Å². The Balaban J connectivity index is 1.62. The van der Waals surface area contributed by atoms with Gasteiger partial charge in [-0.15, -0.1) is 0 Å². The third-order valence-electron chi connectivity index (χ3n) is 4.36. The summed E-state index contributed by atoms with van der Waals surface area (Å²) in [6.45, 7) is 2.49. The predicted octanol–water partition coefficient (Wildman–Crippen LogP) is 3.60. The number of halogens is 1. The highest BCUT2D eigenvalue weighted by Crippen LogP contribution is 2.28. The lowest BCUT2D eigenvalue weighted by molar-refractivity contribution is -0.131. The third-order valence-corrected chi connectivity index (χ3v) is 4.77. The van der Waals surface area contributed by atoms with Crippen LogP contribution in [0.5, 0.6) is 0 Å². The van der Waals surface area contributed by atoms with Gasteiger partial charge in [-0.25, -0.2) is 0 Å². The maximum atomic E-state index is 12.3. The van der Waals surface area contributed by atoms with Crippen LogP contribution < -0.4 is 5.32 Å². The molecule has 0 aromatic heterocycles. The molecule has 0 saturated carbocycles. The summed E-state index contributed by atoms with van der Waals surface area (Å²) in [5, 5.41) is 3.44. The molecule has 0 spiro atoms. The number of carbonyl (C=O) groups excluding carboxylic acids is 2. The molecule has 0 bridgehead atoms. The normalized spacial score (nSPS) is 17.2. The lowest BCUT2D eigenvalue weighted by Gasteiger charge is -2.17. The van der Waals surface area contributed by atoms with Crippen LogP contribution in [-0.2, 0) is 9.59 Å². The summed E-state index contributed by atoms with van der Waals surface area (Å²) < 4.78 is 0. The van der Waals surface area contributed by atoms with Crippen LogP contribution in [0.1, 0.15) is 23.5 Å². The van der Waals surface area contributed by atoms with Crippen molar-refractivity contribution in [2.24, 2.45) is 0 Å². The molecule has 1 aliphatic heterocycles. The summed E-state index contributed by atoms with van der Waals surface area (Å²) in [5.74, 6) is -0.0383. The first-order valence-corrected chi connectivity index (χ1v) is 8.30. The maximum absolute atomic E-state index is 12.3. The average Bonchev–Trinajstić information content (AvgIpc) is 2.93. The molecule has 4 nitrogen and oxygen atoms in total. The first-order chi connectivity index (χ1) is 11.5. The number of hydrogen-bond acceptors (Lipinski definition) is 2. The number of hydrogen-bond donors (Lipinski definition) is 1. The first kappa shape index (κ1) is 16.5. The molecule has 3 rings (SSSR count). The van der Waals surface area contributed by atoms with Gasteiger partial charge < -0.3 is 10.2 Å². The van der Waals surface area contributed by atoms with Crippen molar-refractivity contribution in [3.63, 3.8) is 0 Å². The lowest BCUT2D eigenvalue weighted by Crippen LogP contribution is -2.34. The minimum absolute atomic E-state index is 0.0156. The summed E-state index contributed by atoms with van der Waals surface area (Å²) in [4.78, 5) is 26.1. The fourth-order valence-electron chi connectivity index (χ4n) is 2.98. The number of nitrogens with zero attached hydrogens (tertiary/aromatic N) is 1. The quantitative estimate of drug-likeness (QED) is 0.922. The average molecular weight is 343 g/mol. The Morgan fingerprint density at radius 1 is 1.21 bits per heavy atom. The highest BCUT2D eigenvalue weighted by Gasteiger charge is 2.31. The molecule has 0 radical (unpaired) electrons. The van der Waals surface area contributed by atoms with E-state index in [0.717, 1.165) is 11.1 Å². The Hall–Kier alpha value is -2.33. The number of nitrogens with one attached hydrogen (secondary N) is 1. The topological polar surface area (TPSA) is 49.4 Å². The maximum Gasteiger partial charge on any atom is 0.244 e. The molecule has 2 aromatic carbocycles. The molecule has 1 unspecified atom stereocenters. The van der Waals surface area contributed by atoms with E-state index >= 15 is 0 Å². The zero-order valence-electron chi connectivity index (χ0n) is 13.5. The minimum atomic E-state index is -0.206. The Labute approximate surface area is 146 Å². The first-order valence-electron chi connectivity index (χ1n) is 7.92. The summed E-state index contributed by atoms with van der Waals surface area (Å²) in [7, 11) is 0. The van der Waals surface area contributed by atoms with E-state index in [2.05, 4.69) is 5.32 Å². The molecule has 1 saturated heterocycles. The number of likely N-dealkylation sites (tertiary alicyclic amines) is 1. The van der Waals surface area contributed by atoms with Gasteiger partial charge in [0, 0.05) is 29.6 Å². The minimum Gasteiger partial charge on any atom is -0.333 e. The van der Waals surface area contributed by atoms with Crippen LogP contribution in [0.2, 0.25) is 5.02 Å². The second kappa shape index (κ2) is 7.05. The Bertz CT molecular complexity index is 761. The van der Waals surface area contributed by atoms with Crippen LogP contribution in [-0.4, -0.2) is 29.8 Å². The number of amides is 2. The highest BCUT2D eigenvalue weighted by atomic mass is 35.5. The molecular weight excluding hydrogens is 324 g/mol. The zero-order chi connectivity index (χ0) is 17.1. The molecule has 124 valence electrons. The van der Waals surface area contributed by atoms with Crippen molar-refractivity contribution in [1.29, 1.82) is 0 Å². The summed E-state index contributed by atoms with van der Waals surface area (Å²) in [6, 6.07) is 15.3. The van der Waals surface area contributed by atoms with E-state index in [0.29, 0.717) is 23.7 Å². The van der Waals surface area contributed by atoms with Gasteiger partial charge in [0.05, 0.1) is 6.54 Å². The van der Waals surface area contributed by atoms with Crippen molar-refractivity contribution in [3.8, 4) is 0 Å². The third kappa shape index (κ3) is 3.60. The van der Waals surface area contributed by atoms with Gasteiger partial charge in [-0.2, -0.15) is 0 Å². The summed E-state index contributed by atoms with van der Waals surface area (Å²) >= 11 is 6.06. The largest absolute Gasteiger partial charge is 0.333 e. The van der Waals surface area contributed by atoms with E-state index < -0.39 is 0 Å². The molecule has 5 heteroatoms. The molecule has 24 heavy (non-hydrogen) atoms. The standard InChI is InChI=1S/C19H19ClN2O2/c1-13-16(20)8-5-9-17(13)21-18(23)12-22-11-15(10-19(22)24)14-6-3-2-4-7-14/h2-9,15H,10-12H2,1H3,(H,21,23). The van der Waals surface area contributed by atoms with E-state index in [1.54, 1.807) is 23.1 Å². The summed E-state index contributed by atoms with van der Waals surface area (Å²) in [5.41, 5.74) is 2.64. The Kier molecular flexibility index (Phi) is 4.86. The zero-order valence-corrected chi connectivity index (χ0v) is 14.2. The molecule has 2 aromatic rings. The van der Waals surface area contributed by atoms with Crippen molar-refractivity contribution < 1.29 is 9.59 Å². The highest BCUT2D eigenvalue weighted by molar-refractivity contribution is 6.31. The van der Waals surface area contributed by atoms with E-state index in [4.69, 9.17) is 11.6 Å². The van der Waals surface area contributed by atoms with Crippen LogP contribution in [0.25, 0.3) is 0 Å². The number of anilines is 1. The van der Waals surface area contributed by atoms with Gasteiger partial charge >= 0.3 is 0 Å². The molecule has 1 fully saturated rings. The van der Waals surface area contributed by atoms with Crippen LogP contribution in [0.15, 0.2) is 48.5 Å². The summed E-state index contributed by atoms with van der Waals surface area (Å²) in [6.07, 6.45) is 0.452. The Morgan fingerprint density at radius 2 is 1.96 bits per heavy atom. The lowest BCUT2D eigenvalue weighted by atomic mass is 9.99. The van der Waals surface area contributed by atoms with Crippen LogP contribution in [0, 0.1) is 6.92 Å². The van der Waals surface area contributed by atoms with Gasteiger partial charge in [0.25, 0.3) is 0 Å². The smallest absolute Gasteiger partial charge is 0.244 e. The predicted molar refractivity (Wildman–Crippen MR) is 95.2 cm³/mol. The van der Waals surface area contributed by atoms with Gasteiger partial charge in [0.1, 0.15) is 0 Å². The molecule has 0 aliphatic carbocycles. The van der Waals surface area contributed by atoms with E-state index in [1.807, 2.05) is 37.3 Å². The fourth-order valence-corrected chi connectivity index (χ4v) is 3.15. The molecule has 2 amide bonds. The van der Waals surface area contributed by atoms with Crippen LogP contribution in [0.3, 0.4) is 0 Å². The van der Waals surface area contributed by atoms with Crippen molar-refractivity contribution in [3.05, 3.63) is 64.7 Å². The second-order valence-electron chi connectivity index (χ2n) is 6.05. The molecule has 1 N–H and O–H groups in total. The second-order valence-corrected chi connectivity index (χ2v) is 6.45. The van der Waals surface area contributed by atoms with E-state index in [-0.39, 0.29) is 24.3 Å². The molecule has 1 heterocycles. The fraction of sp³-hybridized carbons (Fsp3) is 0.263. The number of carbonyl (C=O) groups is 2. The van der Waals surface area contributed by atoms with Crippen molar-refractivity contribution in [1.82, 2.24) is 4.90 Å². The Morgan fingerprint density at radius 3 is 2.71 bits per heavy atom. The van der Waals surface area contributed by atoms with Gasteiger partial charge in [-0.1, -0.05) is 48.0 Å². The van der Waals surface area contributed by atoms with Gasteiger partial charge in [-0.05, 0) is 30.2 Å². The van der Waals surface area contributed by atoms with Crippen LogP contribution >= 0.6 is 11.6 Å². The van der Waals surface area contributed by atoms with E-state index in [9.17, 15) is 9.59 Å². The molecule has 1 atom stereocenters. The van der Waals surface area contributed by atoms with Gasteiger partial charge in [0.2, 0.25) is 11.8 Å². The number of rotatable bonds is 4. The van der Waals surface area contributed by atoms with Crippen molar-refractivity contribution in [2.75, 3.05) is 18.4 Å². The molecular formula is C19H19ClN2O2.